The van der Waals surface area contributed by atoms with Crippen molar-refractivity contribution >= 4 is 0 Å². The second-order valence-corrected chi connectivity index (χ2v) is 3.14. The number of rotatable bonds is 3. The first-order valence-corrected chi connectivity index (χ1v) is 4.36. The Labute approximate surface area is 73.5 Å². The minimum absolute atomic E-state index is 0.225. The number of aryl methyl sites for hydroxylation is 1. The summed E-state index contributed by atoms with van der Waals surface area (Å²) in [6.45, 7) is 4.73. The smallest absolute Gasteiger partial charge is 0.174 e. The van der Waals surface area contributed by atoms with Gasteiger partial charge in [-0.1, -0.05) is 6.92 Å². The summed E-state index contributed by atoms with van der Waals surface area (Å²) in [5, 5.41) is 9.38. The van der Waals surface area contributed by atoms with Gasteiger partial charge in [-0.2, -0.15) is 0 Å². The summed E-state index contributed by atoms with van der Waals surface area (Å²) < 4.78 is 2.02. The Kier molecular flexibility index (Phi) is 3.23. The number of hydrogen-bond acceptors (Lipinski definition) is 1. The van der Waals surface area contributed by atoms with E-state index >= 15 is 0 Å². The van der Waals surface area contributed by atoms with Crippen LogP contribution in [0, 0.1) is 6.92 Å². The van der Waals surface area contributed by atoms with Crippen molar-refractivity contribution in [3.63, 3.8) is 0 Å². The van der Waals surface area contributed by atoms with Crippen LogP contribution in [0.15, 0.2) is 24.5 Å². The monoisotopic (exact) mass is 166 g/mol. The molecule has 0 fully saturated rings. The van der Waals surface area contributed by atoms with Crippen molar-refractivity contribution in [3.05, 3.63) is 30.1 Å². The van der Waals surface area contributed by atoms with Gasteiger partial charge in [-0.15, -0.1) is 0 Å². The third kappa shape index (κ3) is 2.62. The highest BCUT2D eigenvalue weighted by Crippen LogP contribution is 1.92. The van der Waals surface area contributed by atoms with Crippen LogP contribution in [0.2, 0.25) is 0 Å². The van der Waals surface area contributed by atoms with Gasteiger partial charge in [0.1, 0.15) is 6.10 Å². The van der Waals surface area contributed by atoms with Crippen molar-refractivity contribution in [2.45, 2.75) is 32.9 Å². The lowest BCUT2D eigenvalue weighted by Crippen LogP contribution is -2.39. The van der Waals surface area contributed by atoms with Gasteiger partial charge in [0.25, 0.3) is 0 Å². The van der Waals surface area contributed by atoms with Crippen molar-refractivity contribution in [2.24, 2.45) is 0 Å². The van der Waals surface area contributed by atoms with E-state index in [1.807, 2.05) is 30.0 Å². The summed E-state index contributed by atoms with van der Waals surface area (Å²) in [7, 11) is 0. The highest BCUT2D eigenvalue weighted by atomic mass is 16.3. The molecule has 1 N–H and O–H groups in total. The van der Waals surface area contributed by atoms with Crippen LogP contribution < -0.4 is 4.57 Å². The average molecular weight is 166 g/mol. The summed E-state index contributed by atoms with van der Waals surface area (Å²) in [6.07, 6.45) is 4.60. The van der Waals surface area contributed by atoms with Gasteiger partial charge in [0.2, 0.25) is 0 Å². The molecule has 1 aromatic heterocycles. The summed E-state index contributed by atoms with van der Waals surface area (Å²) in [5.74, 6) is 0. The number of pyridine rings is 1. The average Bonchev–Trinajstić information content (AvgIpc) is 2.04. The lowest BCUT2D eigenvalue weighted by Gasteiger charge is -2.02. The van der Waals surface area contributed by atoms with Crippen LogP contribution in [0.3, 0.4) is 0 Å². The lowest BCUT2D eigenvalue weighted by molar-refractivity contribution is -0.704. The van der Waals surface area contributed by atoms with E-state index in [4.69, 9.17) is 0 Å². The number of aliphatic hydroxyl groups is 1. The minimum Gasteiger partial charge on any atom is -0.387 e. The second-order valence-electron chi connectivity index (χ2n) is 3.14. The van der Waals surface area contributed by atoms with E-state index in [1.165, 1.54) is 5.56 Å². The fourth-order valence-electron chi connectivity index (χ4n) is 1.14. The van der Waals surface area contributed by atoms with Gasteiger partial charge >= 0.3 is 0 Å². The molecule has 66 valence electrons. The third-order valence-electron chi connectivity index (χ3n) is 1.90. The first-order chi connectivity index (χ1) is 5.72. The van der Waals surface area contributed by atoms with Crippen LogP contribution in [-0.4, -0.2) is 11.2 Å². The van der Waals surface area contributed by atoms with E-state index in [0.29, 0.717) is 6.54 Å². The topological polar surface area (TPSA) is 24.1 Å². The van der Waals surface area contributed by atoms with Gasteiger partial charge in [0.15, 0.2) is 18.9 Å². The first kappa shape index (κ1) is 9.20. The highest BCUT2D eigenvalue weighted by Gasteiger charge is 2.07. The van der Waals surface area contributed by atoms with Gasteiger partial charge < -0.3 is 5.11 Å². The zero-order valence-electron chi connectivity index (χ0n) is 7.70. The van der Waals surface area contributed by atoms with Crippen LogP contribution >= 0.6 is 0 Å². The molecular weight excluding hydrogens is 150 g/mol. The third-order valence-corrected chi connectivity index (χ3v) is 1.90. The van der Waals surface area contributed by atoms with Gasteiger partial charge in [-0.05, 0) is 19.4 Å². The molecule has 0 saturated carbocycles. The van der Waals surface area contributed by atoms with Gasteiger partial charge in [0.05, 0.1) is 0 Å². The molecule has 0 bridgehead atoms. The number of aliphatic hydroxyl groups excluding tert-OH is 1. The van der Waals surface area contributed by atoms with Gasteiger partial charge in [-0.3, -0.25) is 0 Å². The SMILES string of the molecule is CCC(O)C[n+]1cccc(C)c1. The quantitative estimate of drug-likeness (QED) is 0.667. The molecule has 0 spiro atoms. The number of aromatic nitrogens is 1. The molecule has 2 heteroatoms. The minimum atomic E-state index is -0.225. The molecule has 0 aliphatic rings. The van der Waals surface area contributed by atoms with Crippen molar-refractivity contribution in [1.29, 1.82) is 0 Å². The lowest BCUT2D eigenvalue weighted by atomic mass is 10.2. The van der Waals surface area contributed by atoms with Crippen LogP contribution in [0.1, 0.15) is 18.9 Å². The standard InChI is InChI=1S/C10H16NO/c1-3-10(12)8-11-6-4-5-9(2)7-11/h4-7,10,12H,3,8H2,1-2H3/q+1. The molecule has 0 aliphatic carbocycles. The molecule has 0 saturated heterocycles. The largest absolute Gasteiger partial charge is 0.387 e. The Morgan fingerprint density at radius 1 is 1.58 bits per heavy atom. The maximum atomic E-state index is 9.38. The van der Waals surface area contributed by atoms with E-state index in [1.54, 1.807) is 0 Å². The van der Waals surface area contributed by atoms with Crippen molar-refractivity contribution < 1.29 is 9.67 Å². The molecule has 1 atom stereocenters. The predicted molar refractivity (Wildman–Crippen MR) is 47.7 cm³/mol. The zero-order chi connectivity index (χ0) is 8.97. The zero-order valence-corrected chi connectivity index (χ0v) is 7.70. The van der Waals surface area contributed by atoms with Crippen molar-refractivity contribution in [1.82, 2.24) is 0 Å². The normalized spacial score (nSPS) is 12.9. The van der Waals surface area contributed by atoms with Crippen LogP contribution in [0.25, 0.3) is 0 Å². The molecule has 0 amide bonds. The molecule has 2 nitrogen and oxygen atoms in total. The number of hydrogen-bond donors (Lipinski definition) is 1. The predicted octanol–water partition coefficient (Wildman–Crippen LogP) is 1.05. The molecule has 1 rings (SSSR count). The molecule has 1 unspecified atom stereocenters. The molecule has 0 aromatic carbocycles. The second kappa shape index (κ2) is 4.21. The molecular formula is C10H16NO+. The van der Waals surface area contributed by atoms with Crippen molar-refractivity contribution in [2.75, 3.05) is 0 Å². The van der Waals surface area contributed by atoms with E-state index in [-0.39, 0.29) is 6.10 Å². The summed E-state index contributed by atoms with van der Waals surface area (Å²) >= 11 is 0. The molecule has 1 aromatic rings. The van der Waals surface area contributed by atoms with E-state index in [2.05, 4.69) is 13.0 Å². The van der Waals surface area contributed by atoms with Crippen LogP contribution in [0.4, 0.5) is 0 Å². The van der Waals surface area contributed by atoms with Gasteiger partial charge in [-0.25, -0.2) is 4.57 Å². The summed E-state index contributed by atoms with van der Waals surface area (Å²) in [4.78, 5) is 0. The van der Waals surface area contributed by atoms with Crippen LogP contribution in [0.5, 0.6) is 0 Å². The molecule has 0 radical (unpaired) electrons. The van der Waals surface area contributed by atoms with Crippen LogP contribution in [-0.2, 0) is 6.54 Å². The van der Waals surface area contributed by atoms with Crippen molar-refractivity contribution in [3.8, 4) is 0 Å². The molecule has 12 heavy (non-hydrogen) atoms. The maximum absolute atomic E-state index is 9.38. The Balaban J connectivity index is 2.63. The fourth-order valence-corrected chi connectivity index (χ4v) is 1.14. The van der Waals surface area contributed by atoms with Gasteiger partial charge in [0, 0.05) is 11.6 Å². The van der Waals surface area contributed by atoms with E-state index < -0.39 is 0 Å². The summed E-state index contributed by atoms with van der Waals surface area (Å²) in [6, 6.07) is 4.05. The fraction of sp³-hybridized carbons (Fsp3) is 0.500. The van der Waals surface area contributed by atoms with E-state index in [9.17, 15) is 5.11 Å². The maximum Gasteiger partial charge on any atom is 0.174 e. The summed E-state index contributed by atoms with van der Waals surface area (Å²) in [5.41, 5.74) is 1.22. The molecule has 1 heterocycles. The Morgan fingerprint density at radius 2 is 2.33 bits per heavy atom. The Hall–Kier alpha value is -0.890. The first-order valence-electron chi connectivity index (χ1n) is 4.36. The van der Waals surface area contributed by atoms with E-state index in [0.717, 1.165) is 6.42 Å². The Morgan fingerprint density at radius 3 is 2.92 bits per heavy atom. The number of nitrogens with zero attached hydrogens (tertiary/aromatic N) is 1. The molecule has 0 aliphatic heterocycles. The highest BCUT2D eigenvalue weighted by molar-refractivity contribution is 5.01. The Bertz CT molecular complexity index is 247.